The number of fused-ring (bicyclic) bond motifs is 2. The smallest absolute Gasteiger partial charge is 0.195 e. The Labute approximate surface area is 185 Å². The maximum atomic E-state index is 15.1. The summed E-state index contributed by atoms with van der Waals surface area (Å²) in [6, 6.07) is 4.95. The fourth-order valence-electron chi connectivity index (χ4n) is 5.04. The van der Waals surface area contributed by atoms with Gasteiger partial charge in [-0.25, -0.2) is 26.3 Å². The third-order valence-corrected chi connectivity index (χ3v) is 6.39. The zero-order chi connectivity index (χ0) is 24.2. The Morgan fingerprint density at radius 3 is 1.50 bits per heavy atom. The molecule has 0 radical (unpaired) electrons. The summed E-state index contributed by atoms with van der Waals surface area (Å²) in [6.07, 6.45) is 1.27. The van der Waals surface area contributed by atoms with Gasteiger partial charge in [-0.05, 0) is 24.1 Å². The van der Waals surface area contributed by atoms with E-state index < -0.39 is 67.3 Å². The predicted octanol–water partition coefficient (Wildman–Crippen LogP) is 5.94. The van der Waals surface area contributed by atoms with Crippen LogP contribution in [-0.4, -0.2) is 4.40 Å². The van der Waals surface area contributed by atoms with E-state index in [9.17, 15) is 27.2 Å². The number of nitrogens with zero attached hydrogens (tertiary/aromatic N) is 1. The number of aromatic nitrogens is 1. The summed E-state index contributed by atoms with van der Waals surface area (Å²) in [5.41, 5.74) is -1.29. The number of hydrogen-bond acceptors (Lipinski definition) is 2. The van der Waals surface area contributed by atoms with E-state index in [0.717, 1.165) is 16.5 Å². The van der Waals surface area contributed by atoms with Crippen LogP contribution < -0.4 is 10.9 Å². The summed E-state index contributed by atoms with van der Waals surface area (Å²) < 4.78 is 89.5. The van der Waals surface area contributed by atoms with Gasteiger partial charge in [-0.2, -0.15) is 0 Å². The molecule has 3 aromatic carbocycles. The number of pyridine rings is 3. The molecule has 6 rings (SSSR count). The van der Waals surface area contributed by atoms with Crippen LogP contribution in [0.5, 0.6) is 0 Å². The lowest BCUT2D eigenvalue weighted by atomic mass is 9.94. The van der Waals surface area contributed by atoms with Gasteiger partial charge in [-0.3, -0.25) is 9.59 Å². The molecule has 0 fully saturated rings. The van der Waals surface area contributed by atoms with Crippen molar-refractivity contribution < 1.29 is 26.3 Å². The minimum Gasteiger partial charge on any atom is -0.307 e. The number of rotatable bonds is 2. The standard InChI is InChI=1S/C25H11F6NO2/c1-2-3-8-4-9-13(33)6-11-15-17-16(12-7-14(34)10(5-8)25(9)32(11)12)20(27)24(31)22(29)18(17)21(28)23(30)19(15)26/h4-7H,2-3H2,1H3. The molecule has 0 amide bonds. The van der Waals surface area contributed by atoms with Crippen molar-refractivity contribution in [1.82, 2.24) is 4.40 Å². The first-order chi connectivity index (χ1) is 16.2. The third-order valence-electron chi connectivity index (χ3n) is 6.39. The zero-order valence-corrected chi connectivity index (χ0v) is 17.3. The molecule has 3 aromatic heterocycles. The van der Waals surface area contributed by atoms with E-state index in [-0.39, 0.29) is 27.3 Å². The normalized spacial score (nSPS) is 12.4. The Morgan fingerprint density at radius 2 is 1.06 bits per heavy atom. The largest absolute Gasteiger partial charge is 0.307 e. The number of benzene rings is 3. The molecule has 6 aromatic rings. The lowest BCUT2D eigenvalue weighted by molar-refractivity contribution is 0.442. The van der Waals surface area contributed by atoms with E-state index >= 15 is 8.78 Å². The highest BCUT2D eigenvalue weighted by atomic mass is 19.2. The first kappa shape index (κ1) is 20.7. The van der Waals surface area contributed by atoms with Crippen LogP contribution in [0.1, 0.15) is 18.9 Å². The molecule has 0 aliphatic heterocycles. The van der Waals surface area contributed by atoms with Crippen LogP contribution >= 0.6 is 0 Å². The predicted molar refractivity (Wildman–Crippen MR) is 116 cm³/mol. The van der Waals surface area contributed by atoms with Crippen LogP contribution in [-0.2, 0) is 6.42 Å². The van der Waals surface area contributed by atoms with Gasteiger partial charge in [0.2, 0.25) is 0 Å². The molecule has 3 nitrogen and oxygen atoms in total. The maximum absolute atomic E-state index is 15.1. The van der Waals surface area contributed by atoms with Crippen LogP contribution in [0, 0.1) is 34.9 Å². The van der Waals surface area contributed by atoms with Gasteiger partial charge in [0.05, 0.1) is 21.9 Å². The van der Waals surface area contributed by atoms with Gasteiger partial charge in [0.25, 0.3) is 0 Å². The van der Waals surface area contributed by atoms with Crippen molar-refractivity contribution in [2.75, 3.05) is 0 Å². The van der Waals surface area contributed by atoms with Crippen molar-refractivity contribution in [3.05, 3.63) is 85.2 Å². The molecular formula is C25H11F6NO2. The molecule has 0 N–H and O–H groups in total. The van der Waals surface area contributed by atoms with Gasteiger partial charge < -0.3 is 4.40 Å². The molecule has 0 atom stereocenters. The Morgan fingerprint density at radius 1 is 0.618 bits per heavy atom. The van der Waals surface area contributed by atoms with E-state index in [0.29, 0.717) is 18.4 Å². The average molecular weight is 471 g/mol. The third kappa shape index (κ3) is 2.29. The molecule has 0 aliphatic rings. The van der Waals surface area contributed by atoms with Crippen LogP contribution in [0.3, 0.4) is 0 Å². The Balaban J connectivity index is 2.09. The van der Waals surface area contributed by atoms with Crippen LogP contribution in [0.2, 0.25) is 0 Å². The van der Waals surface area contributed by atoms with Gasteiger partial charge in [-0.15, -0.1) is 0 Å². The number of hydrogen-bond donors (Lipinski definition) is 0. The lowest BCUT2D eigenvalue weighted by Gasteiger charge is -2.20. The van der Waals surface area contributed by atoms with E-state index in [1.54, 1.807) is 12.1 Å². The summed E-state index contributed by atoms with van der Waals surface area (Å²) in [5, 5.41) is -3.56. The fourth-order valence-corrected chi connectivity index (χ4v) is 5.04. The second-order valence-electron chi connectivity index (χ2n) is 8.30. The van der Waals surface area contributed by atoms with Crippen LogP contribution in [0.25, 0.3) is 48.9 Å². The number of halogens is 6. The molecule has 0 saturated carbocycles. The second kappa shape index (κ2) is 6.59. The van der Waals surface area contributed by atoms with Gasteiger partial charge in [-0.1, -0.05) is 13.3 Å². The highest BCUT2D eigenvalue weighted by Crippen LogP contribution is 2.42. The molecule has 0 saturated heterocycles. The summed E-state index contributed by atoms with van der Waals surface area (Å²) in [7, 11) is 0. The molecular weight excluding hydrogens is 460 g/mol. The van der Waals surface area contributed by atoms with Gasteiger partial charge in [0.1, 0.15) is 0 Å². The van der Waals surface area contributed by atoms with Crippen LogP contribution in [0.15, 0.2) is 33.9 Å². The molecule has 0 spiro atoms. The van der Waals surface area contributed by atoms with E-state index in [2.05, 4.69) is 0 Å². The minimum absolute atomic E-state index is 0.00285. The first-order valence-electron chi connectivity index (χ1n) is 10.3. The maximum Gasteiger partial charge on any atom is 0.195 e. The zero-order valence-electron chi connectivity index (χ0n) is 17.3. The van der Waals surface area contributed by atoms with Gasteiger partial charge >= 0.3 is 0 Å². The quantitative estimate of drug-likeness (QED) is 0.136. The van der Waals surface area contributed by atoms with Crippen molar-refractivity contribution in [2.45, 2.75) is 19.8 Å². The van der Waals surface area contributed by atoms with Crippen molar-refractivity contribution in [1.29, 1.82) is 0 Å². The Kier molecular flexibility index (Phi) is 4.01. The molecule has 0 unspecified atom stereocenters. The van der Waals surface area contributed by atoms with Crippen molar-refractivity contribution in [3.63, 3.8) is 0 Å². The highest BCUT2D eigenvalue weighted by molar-refractivity contribution is 6.22. The molecule has 0 aliphatic carbocycles. The topological polar surface area (TPSA) is 38.5 Å². The number of aryl methyl sites for hydroxylation is 1. The average Bonchev–Trinajstić information content (AvgIpc) is 2.80. The molecule has 3 heterocycles. The van der Waals surface area contributed by atoms with Crippen LogP contribution in [0.4, 0.5) is 26.3 Å². The molecule has 170 valence electrons. The van der Waals surface area contributed by atoms with Gasteiger partial charge in [0.15, 0.2) is 45.8 Å². The van der Waals surface area contributed by atoms with Crippen molar-refractivity contribution in [2.24, 2.45) is 0 Å². The summed E-state index contributed by atoms with van der Waals surface area (Å²) in [5.74, 6) is -11.9. The molecule has 9 heteroatoms. The Hall–Kier alpha value is -3.88. The SMILES string of the molecule is CCCc1cc2c(=O)cc3c4c(F)c(F)c(F)c5c(F)c(F)c(F)c(c54)c4cc(=O)c(c1)c2n34. The molecule has 0 bridgehead atoms. The summed E-state index contributed by atoms with van der Waals surface area (Å²) >= 11 is 0. The fraction of sp³-hybridized carbons (Fsp3) is 0.120. The minimum atomic E-state index is -2.10. The van der Waals surface area contributed by atoms with Gasteiger partial charge in [0, 0.05) is 39.1 Å². The highest BCUT2D eigenvalue weighted by Gasteiger charge is 2.31. The summed E-state index contributed by atoms with van der Waals surface area (Å²) in [6.45, 7) is 1.90. The van der Waals surface area contributed by atoms with E-state index in [4.69, 9.17) is 0 Å². The lowest BCUT2D eigenvalue weighted by Crippen LogP contribution is -2.15. The van der Waals surface area contributed by atoms with E-state index in [1.807, 2.05) is 6.92 Å². The molecule has 34 heavy (non-hydrogen) atoms. The van der Waals surface area contributed by atoms with E-state index in [1.165, 1.54) is 0 Å². The monoisotopic (exact) mass is 471 g/mol. The summed E-state index contributed by atoms with van der Waals surface area (Å²) in [4.78, 5) is 26.1. The van der Waals surface area contributed by atoms with Crippen molar-refractivity contribution >= 4 is 48.9 Å². The van der Waals surface area contributed by atoms with Crippen molar-refractivity contribution in [3.8, 4) is 0 Å². The first-order valence-corrected chi connectivity index (χ1v) is 10.3. The second-order valence-corrected chi connectivity index (χ2v) is 8.30. The Bertz CT molecular complexity index is 1850.